The summed E-state index contributed by atoms with van der Waals surface area (Å²) in [5.74, 6) is 1.57. The first-order chi connectivity index (χ1) is 9.97. The summed E-state index contributed by atoms with van der Waals surface area (Å²) in [5.41, 5.74) is 4.45. The molecule has 2 rings (SSSR count). The molecule has 2 aromatic carbocycles. The van der Waals surface area contributed by atoms with Gasteiger partial charge >= 0.3 is 0 Å². The van der Waals surface area contributed by atoms with Crippen molar-refractivity contribution in [3.63, 3.8) is 0 Å². The molecule has 4 heteroatoms. The Morgan fingerprint density at radius 2 is 1.67 bits per heavy atom. The molecule has 0 fully saturated rings. The molecular weight excluding hydrogens is 352 g/mol. The predicted molar refractivity (Wildman–Crippen MR) is 91.2 cm³/mol. The van der Waals surface area contributed by atoms with Gasteiger partial charge in [0.15, 0.2) is 0 Å². The van der Waals surface area contributed by atoms with E-state index < -0.39 is 0 Å². The van der Waals surface area contributed by atoms with Gasteiger partial charge in [0.05, 0.1) is 19.0 Å². The molecule has 0 aromatic heterocycles. The van der Waals surface area contributed by atoms with Crippen LogP contribution in [0.2, 0.25) is 5.02 Å². The van der Waals surface area contributed by atoms with Crippen molar-refractivity contribution in [2.24, 2.45) is 0 Å². The van der Waals surface area contributed by atoms with Gasteiger partial charge < -0.3 is 9.47 Å². The minimum atomic E-state index is 0.0364. The van der Waals surface area contributed by atoms with Crippen molar-refractivity contribution in [2.75, 3.05) is 14.2 Å². The highest BCUT2D eigenvalue weighted by molar-refractivity contribution is 9.09. The molecule has 0 aliphatic carbocycles. The zero-order valence-electron chi connectivity index (χ0n) is 12.5. The van der Waals surface area contributed by atoms with Crippen LogP contribution in [0.1, 0.15) is 27.1 Å². The molecule has 0 saturated heterocycles. The van der Waals surface area contributed by atoms with Gasteiger partial charge in [0.2, 0.25) is 0 Å². The lowest BCUT2D eigenvalue weighted by molar-refractivity contribution is 0.391. The van der Waals surface area contributed by atoms with E-state index in [1.54, 1.807) is 14.2 Å². The van der Waals surface area contributed by atoms with E-state index in [0.29, 0.717) is 0 Å². The van der Waals surface area contributed by atoms with Gasteiger partial charge in [0, 0.05) is 16.7 Å². The van der Waals surface area contributed by atoms with Gasteiger partial charge in [-0.3, -0.25) is 0 Å². The molecule has 112 valence electrons. The van der Waals surface area contributed by atoms with Crippen LogP contribution in [-0.2, 0) is 0 Å². The van der Waals surface area contributed by atoms with Crippen molar-refractivity contribution in [3.05, 3.63) is 57.6 Å². The second kappa shape index (κ2) is 6.71. The maximum atomic E-state index is 6.18. The molecule has 0 spiro atoms. The maximum Gasteiger partial charge on any atom is 0.127 e. The molecule has 0 bridgehead atoms. The normalized spacial score (nSPS) is 12.1. The van der Waals surface area contributed by atoms with Gasteiger partial charge in [0.25, 0.3) is 0 Å². The Labute approximate surface area is 139 Å². The van der Waals surface area contributed by atoms with Crippen molar-refractivity contribution >= 4 is 27.5 Å². The van der Waals surface area contributed by atoms with E-state index in [0.717, 1.165) is 33.2 Å². The summed E-state index contributed by atoms with van der Waals surface area (Å²) in [6.07, 6.45) is 0. The number of ether oxygens (including phenoxy) is 2. The van der Waals surface area contributed by atoms with Crippen LogP contribution in [0.25, 0.3) is 0 Å². The van der Waals surface area contributed by atoms with Crippen LogP contribution in [0.4, 0.5) is 0 Å². The molecule has 1 unspecified atom stereocenters. The second-order valence-corrected chi connectivity index (χ2v) is 6.25. The Morgan fingerprint density at radius 3 is 2.29 bits per heavy atom. The van der Waals surface area contributed by atoms with Gasteiger partial charge in [-0.25, -0.2) is 0 Å². The summed E-state index contributed by atoms with van der Waals surface area (Å²) in [4.78, 5) is 0.0364. The van der Waals surface area contributed by atoms with Gasteiger partial charge in [-0.05, 0) is 42.7 Å². The molecule has 21 heavy (non-hydrogen) atoms. The Bertz CT molecular complexity index is 655. The molecule has 0 aliphatic heterocycles. The summed E-state index contributed by atoms with van der Waals surface area (Å²) >= 11 is 9.96. The van der Waals surface area contributed by atoms with E-state index in [9.17, 15) is 0 Å². The Hall–Kier alpha value is -1.19. The lowest BCUT2D eigenvalue weighted by Crippen LogP contribution is -2.00. The van der Waals surface area contributed by atoms with Gasteiger partial charge in [-0.1, -0.05) is 39.7 Å². The highest BCUT2D eigenvalue weighted by atomic mass is 79.9. The van der Waals surface area contributed by atoms with Crippen LogP contribution >= 0.6 is 27.5 Å². The van der Waals surface area contributed by atoms with Crippen molar-refractivity contribution in [3.8, 4) is 11.5 Å². The fourth-order valence-electron chi connectivity index (χ4n) is 2.27. The van der Waals surface area contributed by atoms with E-state index in [-0.39, 0.29) is 4.83 Å². The fraction of sp³-hybridized carbons (Fsp3) is 0.294. The van der Waals surface area contributed by atoms with Crippen LogP contribution in [0.3, 0.4) is 0 Å². The number of methoxy groups -OCH3 is 2. The number of alkyl halides is 1. The highest BCUT2D eigenvalue weighted by Gasteiger charge is 2.18. The molecule has 2 nitrogen and oxygen atoms in total. The molecule has 0 amide bonds. The van der Waals surface area contributed by atoms with Crippen LogP contribution < -0.4 is 9.47 Å². The number of rotatable bonds is 4. The van der Waals surface area contributed by atoms with Crippen molar-refractivity contribution < 1.29 is 9.47 Å². The summed E-state index contributed by atoms with van der Waals surface area (Å²) in [6.45, 7) is 4.07. The van der Waals surface area contributed by atoms with Gasteiger partial charge in [-0.15, -0.1) is 0 Å². The fourth-order valence-corrected chi connectivity index (χ4v) is 3.36. The quantitative estimate of drug-likeness (QED) is 0.666. The second-order valence-electron chi connectivity index (χ2n) is 4.93. The molecule has 0 N–H and O–H groups in total. The van der Waals surface area contributed by atoms with Crippen LogP contribution in [0, 0.1) is 13.8 Å². The molecule has 0 saturated carbocycles. The minimum Gasteiger partial charge on any atom is -0.497 e. The van der Waals surface area contributed by atoms with Crippen molar-refractivity contribution in [2.45, 2.75) is 18.7 Å². The van der Waals surface area contributed by atoms with Crippen molar-refractivity contribution in [1.82, 2.24) is 0 Å². The summed E-state index contributed by atoms with van der Waals surface area (Å²) in [7, 11) is 3.31. The largest absolute Gasteiger partial charge is 0.497 e. The third kappa shape index (κ3) is 3.35. The topological polar surface area (TPSA) is 18.5 Å². The minimum absolute atomic E-state index is 0.0364. The number of halogens is 2. The third-order valence-corrected chi connectivity index (χ3v) is 4.93. The molecule has 0 radical (unpaired) electrons. The summed E-state index contributed by atoms with van der Waals surface area (Å²) in [5, 5.41) is 0.789. The number of hydrogen-bond donors (Lipinski definition) is 0. The third-order valence-electron chi connectivity index (χ3n) is 3.53. The summed E-state index contributed by atoms with van der Waals surface area (Å²) in [6, 6.07) is 9.95. The monoisotopic (exact) mass is 368 g/mol. The number of benzene rings is 2. The number of aryl methyl sites for hydroxylation is 2. The van der Waals surface area contributed by atoms with Gasteiger partial charge in [-0.2, -0.15) is 0 Å². The Morgan fingerprint density at radius 1 is 0.952 bits per heavy atom. The summed E-state index contributed by atoms with van der Waals surface area (Å²) < 4.78 is 10.7. The first-order valence-electron chi connectivity index (χ1n) is 6.60. The van der Waals surface area contributed by atoms with E-state index >= 15 is 0 Å². The van der Waals surface area contributed by atoms with E-state index in [1.165, 1.54) is 5.56 Å². The molecule has 1 atom stereocenters. The Balaban J connectivity index is 2.49. The van der Waals surface area contributed by atoms with Gasteiger partial charge in [0.1, 0.15) is 11.5 Å². The first-order valence-corrected chi connectivity index (χ1v) is 7.90. The lowest BCUT2D eigenvalue weighted by Gasteiger charge is -2.18. The zero-order valence-corrected chi connectivity index (χ0v) is 14.9. The maximum absolute atomic E-state index is 6.18. The molecule has 0 heterocycles. The Kier molecular flexibility index (Phi) is 5.17. The smallest absolute Gasteiger partial charge is 0.127 e. The van der Waals surface area contributed by atoms with Crippen LogP contribution in [0.15, 0.2) is 30.3 Å². The van der Waals surface area contributed by atoms with E-state index in [1.807, 2.05) is 31.2 Å². The molecule has 0 aliphatic rings. The predicted octanol–water partition coefficient (Wildman–Crippen LogP) is 5.46. The zero-order chi connectivity index (χ0) is 15.6. The highest BCUT2D eigenvalue weighted by Crippen LogP contribution is 2.40. The van der Waals surface area contributed by atoms with Crippen LogP contribution in [0.5, 0.6) is 11.5 Å². The van der Waals surface area contributed by atoms with Crippen LogP contribution in [-0.4, -0.2) is 14.2 Å². The standard InChI is InChI=1S/C17H18BrClO2/c1-10-8-15(19)11(2)7-14(10)17(18)13-6-5-12(20-3)9-16(13)21-4/h5-9,17H,1-4H3. The SMILES string of the molecule is COc1ccc(C(Br)c2cc(C)c(Cl)cc2C)c(OC)c1. The first kappa shape index (κ1) is 16.2. The molecule has 2 aromatic rings. The number of hydrogen-bond acceptors (Lipinski definition) is 2. The molecular formula is C17H18BrClO2. The lowest BCUT2D eigenvalue weighted by atomic mass is 9.97. The average molecular weight is 370 g/mol. The van der Waals surface area contributed by atoms with E-state index in [2.05, 4.69) is 28.9 Å². The van der Waals surface area contributed by atoms with E-state index in [4.69, 9.17) is 21.1 Å². The van der Waals surface area contributed by atoms with Crippen molar-refractivity contribution in [1.29, 1.82) is 0 Å². The average Bonchev–Trinajstić information content (AvgIpc) is 2.49.